The minimum absolute atomic E-state index is 0.0409. The molecule has 0 saturated heterocycles. The molecular formula is C28H43NO2. The first-order chi connectivity index (χ1) is 14.9. The third-order valence-electron chi connectivity index (χ3n) is 10.9. The quantitative estimate of drug-likeness (QED) is 0.581. The number of fused-ring (bicyclic) bond motifs is 5. The monoisotopic (exact) mass is 425 g/mol. The van der Waals surface area contributed by atoms with Gasteiger partial charge >= 0.3 is 0 Å². The molecular weight excluding hydrogens is 382 g/mol. The summed E-state index contributed by atoms with van der Waals surface area (Å²) in [6, 6.07) is 5.82. The van der Waals surface area contributed by atoms with Gasteiger partial charge in [-0.1, -0.05) is 26.3 Å². The highest BCUT2D eigenvalue weighted by atomic mass is 16.3. The summed E-state index contributed by atoms with van der Waals surface area (Å²) in [4.78, 5) is 4.33. The third-order valence-corrected chi connectivity index (χ3v) is 10.9. The maximum absolute atomic E-state index is 10.5. The Morgan fingerprint density at radius 3 is 2.61 bits per heavy atom. The van der Waals surface area contributed by atoms with Gasteiger partial charge < -0.3 is 10.2 Å². The summed E-state index contributed by atoms with van der Waals surface area (Å²) in [5.41, 5.74) is 1.81. The lowest BCUT2D eigenvalue weighted by Gasteiger charge is -2.61. The number of nitrogens with zero attached hydrogens (tertiary/aromatic N) is 1. The van der Waals surface area contributed by atoms with E-state index in [1.54, 1.807) is 6.20 Å². The predicted molar refractivity (Wildman–Crippen MR) is 124 cm³/mol. The molecule has 0 spiro atoms. The summed E-state index contributed by atoms with van der Waals surface area (Å²) in [6.07, 6.45) is 16.2. The summed E-state index contributed by atoms with van der Waals surface area (Å²) < 4.78 is 0. The van der Waals surface area contributed by atoms with Crippen LogP contribution in [0.1, 0.15) is 103 Å². The van der Waals surface area contributed by atoms with Crippen LogP contribution < -0.4 is 0 Å². The van der Waals surface area contributed by atoms with Gasteiger partial charge in [0.1, 0.15) is 0 Å². The van der Waals surface area contributed by atoms with Gasteiger partial charge in [0.2, 0.25) is 0 Å². The Labute approximate surface area is 189 Å². The van der Waals surface area contributed by atoms with Gasteiger partial charge in [0, 0.05) is 6.20 Å². The molecule has 1 heterocycles. The molecule has 1 aromatic heterocycles. The van der Waals surface area contributed by atoms with Crippen molar-refractivity contribution in [2.24, 2.45) is 40.4 Å². The van der Waals surface area contributed by atoms with Crippen molar-refractivity contribution in [2.75, 3.05) is 0 Å². The van der Waals surface area contributed by atoms with E-state index in [9.17, 15) is 10.2 Å². The van der Waals surface area contributed by atoms with E-state index in [2.05, 4.69) is 18.8 Å². The lowest BCUT2D eigenvalue weighted by molar-refractivity contribution is -0.127. The number of rotatable bonds is 5. The summed E-state index contributed by atoms with van der Waals surface area (Å²) >= 11 is 0. The Morgan fingerprint density at radius 2 is 1.81 bits per heavy atom. The van der Waals surface area contributed by atoms with Crippen molar-refractivity contribution in [1.82, 2.24) is 4.98 Å². The van der Waals surface area contributed by atoms with Crippen molar-refractivity contribution >= 4 is 0 Å². The maximum Gasteiger partial charge on any atom is 0.0959 e. The van der Waals surface area contributed by atoms with E-state index in [1.165, 1.54) is 51.4 Å². The standard InChI is InChI=1S/C28H43NO2/c1-27-16-14-24-22(11-9-20-18-21(30)13-15-28(20,24)2)23(27)12-10-19(27)6-5-8-26(31)25-7-3-4-17-29-25/h3-4,7,17,19-24,26,30-31H,5-6,8-16,18H2,1-2H3/t19-,20?,21?,22?,23?,24?,26?,27?,28?/m0/s1. The largest absolute Gasteiger partial charge is 0.393 e. The zero-order chi connectivity index (χ0) is 21.6. The topological polar surface area (TPSA) is 53.4 Å². The number of aliphatic hydroxyl groups is 2. The van der Waals surface area contributed by atoms with E-state index in [0.717, 1.165) is 61.0 Å². The van der Waals surface area contributed by atoms with Crippen LogP contribution in [0.4, 0.5) is 0 Å². The molecule has 9 atom stereocenters. The lowest BCUT2D eigenvalue weighted by Crippen LogP contribution is -2.53. The van der Waals surface area contributed by atoms with Crippen molar-refractivity contribution < 1.29 is 10.2 Å². The zero-order valence-corrected chi connectivity index (χ0v) is 19.7. The fourth-order valence-electron chi connectivity index (χ4n) is 9.10. The molecule has 1 aromatic rings. The van der Waals surface area contributed by atoms with Crippen LogP contribution in [0.5, 0.6) is 0 Å². The molecule has 3 heteroatoms. The van der Waals surface area contributed by atoms with Gasteiger partial charge in [0.05, 0.1) is 17.9 Å². The number of hydrogen-bond donors (Lipinski definition) is 2. The van der Waals surface area contributed by atoms with Crippen LogP contribution in [-0.4, -0.2) is 21.3 Å². The Morgan fingerprint density at radius 1 is 1.00 bits per heavy atom. The van der Waals surface area contributed by atoms with E-state index in [-0.39, 0.29) is 6.10 Å². The van der Waals surface area contributed by atoms with Gasteiger partial charge in [-0.05, 0) is 123 Å². The van der Waals surface area contributed by atoms with E-state index >= 15 is 0 Å². The first-order valence-electron chi connectivity index (χ1n) is 13.2. The molecule has 31 heavy (non-hydrogen) atoms. The van der Waals surface area contributed by atoms with Crippen LogP contribution in [0.3, 0.4) is 0 Å². The molecule has 8 unspecified atom stereocenters. The normalized spacial score (nSPS) is 45.4. The summed E-state index contributed by atoms with van der Waals surface area (Å²) in [7, 11) is 0. The van der Waals surface area contributed by atoms with Crippen molar-refractivity contribution in [3.8, 4) is 0 Å². The molecule has 0 bridgehead atoms. The van der Waals surface area contributed by atoms with Crippen LogP contribution in [0.2, 0.25) is 0 Å². The average molecular weight is 426 g/mol. The van der Waals surface area contributed by atoms with Gasteiger partial charge in [-0.2, -0.15) is 0 Å². The van der Waals surface area contributed by atoms with Gasteiger partial charge in [-0.25, -0.2) is 0 Å². The van der Waals surface area contributed by atoms with Crippen LogP contribution in [-0.2, 0) is 0 Å². The minimum atomic E-state index is -0.418. The van der Waals surface area contributed by atoms with E-state index < -0.39 is 6.10 Å². The highest BCUT2D eigenvalue weighted by Gasteiger charge is 2.59. The Kier molecular flexibility index (Phi) is 5.97. The predicted octanol–water partition coefficient (Wildman–Crippen LogP) is 6.31. The SMILES string of the molecule is CC12CCC(O)CC1CCC1C2CCC2(C)C1CC[C@@H]2CCCC(O)c1ccccn1. The second kappa shape index (κ2) is 8.45. The number of hydrogen-bond acceptors (Lipinski definition) is 3. The fourth-order valence-corrected chi connectivity index (χ4v) is 9.10. The molecule has 172 valence electrons. The molecule has 4 aliphatic carbocycles. The van der Waals surface area contributed by atoms with E-state index in [1.807, 2.05) is 18.2 Å². The summed E-state index contributed by atoms with van der Waals surface area (Å²) in [5.74, 6) is 4.29. The smallest absolute Gasteiger partial charge is 0.0959 e. The molecule has 0 radical (unpaired) electrons. The third kappa shape index (κ3) is 3.78. The first-order valence-corrected chi connectivity index (χ1v) is 13.2. The van der Waals surface area contributed by atoms with E-state index in [4.69, 9.17) is 0 Å². The van der Waals surface area contributed by atoms with Gasteiger partial charge in [0.15, 0.2) is 0 Å². The van der Waals surface area contributed by atoms with Crippen molar-refractivity contribution in [3.05, 3.63) is 30.1 Å². The van der Waals surface area contributed by atoms with Crippen LogP contribution in [0.25, 0.3) is 0 Å². The van der Waals surface area contributed by atoms with E-state index in [0.29, 0.717) is 10.8 Å². The van der Waals surface area contributed by atoms with Crippen LogP contribution in [0.15, 0.2) is 24.4 Å². The lowest BCUT2D eigenvalue weighted by atomic mass is 9.44. The summed E-state index contributed by atoms with van der Waals surface area (Å²) in [5, 5.41) is 20.8. The molecule has 0 amide bonds. The fraction of sp³-hybridized carbons (Fsp3) is 0.821. The van der Waals surface area contributed by atoms with Crippen molar-refractivity contribution in [1.29, 1.82) is 0 Å². The number of aromatic nitrogens is 1. The minimum Gasteiger partial charge on any atom is -0.393 e. The van der Waals surface area contributed by atoms with Gasteiger partial charge in [0.25, 0.3) is 0 Å². The summed E-state index contributed by atoms with van der Waals surface area (Å²) in [6.45, 7) is 5.22. The first kappa shape index (κ1) is 21.9. The zero-order valence-electron chi connectivity index (χ0n) is 19.7. The average Bonchev–Trinajstić information content (AvgIpc) is 3.11. The molecule has 0 aromatic carbocycles. The molecule has 5 rings (SSSR count). The Balaban J connectivity index is 1.22. The van der Waals surface area contributed by atoms with Gasteiger partial charge in [-0.15, -0.1) is 0 Å². The molecule has 4 fully saturated rings. The highest BCUT2D eigenvalue weighted by Crippen LogP contribution is 2.67. The molecule has 2 N–H and O–H groups in total. The van der Waals surface area contributed by atoms with Crippen LogP contribution >= 0.6 is 0 Å². The van der Waals surface area contributed by atoms with Crippen molar-refractivity contribution in [2.45, 2.75) is 103 Å². The molecule has 4 aliphatic rings. The molecule has 0 aliphatic heterocycles. The van der Waals surface area contributed by atoms with Crippen molar-refractivity contribution in [3.63, 3.8) is 0 Å². The maximum atomic E-state index is 10.5. The second-order valence-electron chi connectivity index (χ2n) is 12.1. The Bertz CT molecular complexity index is 753. The number of pyridine rings is 1. The molecule has 3 nitrogen and oxygen atoms in total. The second-order valence-corrected chi connectivity index (χ2v) is 12.1. The highest BCUT2D eigenvalue weighted by molar-refractivity contribution is 5.09. The number of aliphatic hydroxyl groups excluding tert-OH is 2. The van der Waals surface area contributed by atoms with Crippen LogP contribution in [0, 0.1) is 40.4 Å². The Hall–Kier alpha value is -0.930. The molecule has 4 saturated carbocycles. The van der Waals surface area contributed by atoms with Gasteiger partial charge in [-0.3, -0.25) is 4.98 Å².